The first-order valence-corrected chi connectivity index (χ1v) is 6.03. The van der Waals surface area contributed by atoms with Crippen molar-refractivity contribution in [3.05, 3.63) is 22.7 Å². The Labute approximate surface area is 112 Å². The van der Waals surface area contributed by atoms with E-state index in [4.69, 9.17) is 16.3 Å². The number of hydrogen-bond acceptors (Lipinski definition) is 4. The van der Waals surface area contributed by atoms with E-state index in [1.165, 1.54) is 7.11 Å². The highest BCUT2D eigenvalue weighted by Gasteiger charge is 2.12. The largest absolute Gasteiger partial charge is 0.495 e. The average Bonchev–Trinajstić information content (AvgIpc) is 2.33. The molecule has 5 heteroatoms. The summed E-state index contributed by atoms with van der Waals surface area (Å²) in [5.41, 5.74) is 1.76. The first kappa shape index (κ1) is 14.6. The summed E-state index contributed by atoms with van der Waals surface area (Å²) in [7, 11) is 2.96. The van der Waals surface area contributed by atoms with Gasteiger partial charge in [0.05, 0.1) is 26.3 Å². The Morgan fingerprint density at radius 3 is 2.67 bits per heavy atom. The summed E-state index contributed by atoms with van der Waals surface area (Å²) in [6.07, 6.45) is 0.293. The third kappa shape index (κ3) is 3.81. The van der Waals surface area contributed by atoms with Crippen molar-refractivity contribution in [2.45, 2.75) is 26.3 Å². The van der Waals surface area contributed by atoms with Crippen LogP contribution in [-0.2, 0) is 9.53 Å². The molecule has 1 atom stereocenters. The van der Waals surface area contributed by atoms with Crippen LogP contribution in [0.3, 0.4) is 0 Å². The van der Waals surface area contributed by atoms with Gasteiger partial charge in [-0.15, -0.1) is 0 Å². The van der Waals surface area contributed by atoms with E-state index < -0.39 is 0 Å². The number of carbonyl (C=O) groups is 1. The third-order valence-corrected chi connectivity index (χ3v) is 2.99. The number of methoxy groups -OCH3 is 2. The van der Waals surface area contributed by atoms with Gasteiger partial charge in [-0.25, -0.2) is 0 Å². The van der Waals surface area contributed by atoms with E-state index in [0.29, 0.717) is 17.2 Å². The fourth-order valence-electron chi connectivity index (χ4n) is 1.59. The number of aryl methyl sites for hydroxylation is 1. The van der Waals surface area contributed by atoms with Gasteiger partial charge < -0.3 is 14.8 Å². The van der Waals surface area contributed by atoms with Gasteiger partial charge in [0.1, 0.15) is 5.75 Å². The molecule has 1 rings (SSSR count). The first-order valence-electron chi connectivity index (χ1n) is 5.65. The molecule has 100 valence electrons. The molecule has 0 radical (unpaired) electrons. The molecular formula is C13H18ClNO3. The van der Waals surface area contributed by atoms with Gasteiger partial charge in [-0.1, -0.05) is 11.6 Å². The summed E-state index contributed by atoms with van der Waals surface area (Å²) in [5.74, 6) is 0.405. The molecule has 1 aromatic rings. The van der Waals surface area contributed by atoms with Gasteiger partial charge in [0, 0.05) is 17.1 Å². The highest BCUT2D eigenvalue weighted by molar-refractivity contribution is 6.31. The van der Waals surface area contributed by atoms with Crippen molar-refractivity contribution in [2.75, 3.05) is 19.5 Å². The van der Waals surface area contributed by atoms with E-state index in [1.807, 2.05) is 19.9 Å². The van der Waals surface area contributed by atoms with Gasteiger partial charge in [-0.2, -0.15) is 0 Å². The van der Waals surface area contributed by atoms with Crippen molar-refractivity contribution in [2.24, 2.45) is 0 Å². The fraction of sp³-hybridized carbons (Fsp3) is 0.462. The molecular weight excluding hydrogens is 254 g/mol. The van der Waals surface area contributed by atoms with Gasteiger partial charge in [-0.05, 0) is 25.5 Å². The summed E-state index contributed by atoms with van der Waals surface area (Å²) in [5, 5.41) is 3.86. The molecule has 0 bridgehead atoms. The third-order valence-electron chi connectivity index (χ3n) is 2.58. The lowest BCUT2D eigenvalue weighted by Crippen LogP contribution is -2.20. The van der Waals surface area contributed by atoms with Crippen LogP contribution >= 0.6 is 11.6 Å². The minimum absolute atomic E-state index is 0.0491. The molecule has 0 fully saturated rings. The number of benzene rings is 1. The van der Waals surface area contributed by atoms with Crippen LogP contribution in [0.4, 0.5) is 5.69 Å². The van der Waals surface area contributed by atoms with Crippen LogP contribution < -0.4 is 10.1 Å². The maximum absolute atomic E-state index is 11.2. The zero-order chi connectivity index (χ0) is 13.7. The normalized spacial score (nSPS) is 11.8. The number of esters is 1. The van der Waals surface area contributed by atoms with Crippen molar-refractivity contribution >= 4 is 23.3 Å². The van der Waals surface area contributed by atoms with Crippen molar-refractivity contribution in [3.63, 3.8) is 0 Å². The van der Waals surface area contributed by atoms with E-state index in [0.717, 1.165) is 11.3 Å². The second-order valence-electron chi connectivity index (χ2n) is 4.13. The second kappa shape index (κ2) is 6.50. The maximum atomic E-state index is 11.2. The molecule has 0 aromatic heterocycles. The van der Waals surface area contributed by atoms with Crippen molar-refractivity contribution in [1.29, 1.82) is 0 Å². The molecule has 0 saturated carbocycles. The molecule has 0 aliphatic heterocycles. The Morgan fingerprint density at radius 1 is 1.44 bits per heavy atom. The topological polar surface area (TPSA) is 47.6 Å². The van der Waals surface area contributed by atoms with Gasteiger partial charge in [0.15, 0.2) is 0 Å². The van der Waals surface area contributed by atoms with E-state index in [1.54, 1.807) is 13.2 Å². The van der Waals surface area contributed by atoms with Crippen LogP contribution in [0.15, 0.2) is 12.1 Å². The number of hydrogen-bond donors (Lipinski definition) is 1. The molecule has 18 heavy (non-hydrogen) atoms. The van der Waals surface area contributed by atoms with E-state index in [9.17, 15) is 4.79 Å². The molecule has 4 nitrogen and oxygen atoms in total. The van der Waals surface area contributed by atoms with Crippen molar-refractivity contribution in [1.82, 2.24) is 0 Å². The lowest BCUT2D eigenvalue weighted by molar-refractivity contribution is -0.140. The number of carbonyl (C=O) groups excluding carboxylic acids is 1. The lowest BCUT2D eigenvalue weighted by Gasteiger charge is -2.17. The minimum Gasteiger partial charge on any atom is -0.495 e. The van der Waals surface area contributed by atoms with Crippen molar-refractivity contribution in [3.8, 4) is 5.75 Å². The number of nitrogens with one attached hydrogen (secondary N) is 1. The van der Waals surface area contributed by atoms with Crippen LogP contribution in [0, 0.1) is 6.92 Å². The van der Waals surface area contributed by atoms with E-state index in [-0.39, 0.29) is 12.0 Å². The SMILES string of the molecule is COC(=O)CC(C)Nc1cc(C)c(Cl)cc1OC. The zero-order valence-corrected chi connectivity index (χ0v) is 11.8. The predicted octanol–water partition coefficient (Wildman–Crippen LogP) is 3.02. The Morgan fingerprint density at radius 2 is 2.11 bits per heavy atom. The first-order chi connectivity index (χ1) is 8.47. The highest BCUT2D eigenvalue weighted by Crippen LogP contribution is 2.31. The molecule has 1 unspecified atom stereocenters. The highest BCUT2D eigenvalue weighted by atomic mass is 35.5. The monoisotopic (exact) mass is 271 g/mol. The number of anilines is 1. The van der Waals surface area contributed by atoms with Gasteiger partial charge in [0.25, 0.3) is 0 Å². The molecule has 0 aliphatic rings. The number of halogens is 1. The average molecular weight is 272 g/mol. The summed E-state index contributed by atoms with van der Waals surface area (Å²) < 4.78 is 9.88. The molecule has 0 saturated heterocycles. The molecule has 1 aromatic carbocycles. The summed E-state index contributed by atoms with van der Waals surface area (Å²) in [6, 6.07) is 3.60. The molecule has 0 aliphatic carbocycles. The quantitative estimate of drug-likeness (QED) is 0.837. The van der Waals surface area contributed by atoms with Crippen LogP contribution in [0.5, 0.6) is 5.75 Å². The van der Waals surface area contributed by atoms with Crippen LogP contribution in [-0.4, -0.2) is 26.2 Å². The zero-order valence-electron chi connectivity index (χ0n) is 11.0. The standard InChI is InChI=1S/C13H18ClNO3/c1-8-5-11(12(17-3)7-10(8)14)15-9(2)6-13(16)18-4/h5,7,9,15H,6H2,1-4H3. The fourth-order valence-corrected chi connectivity index (χ4v) is 1.75. The second-order valence-corrected chi connectivity index (χ2v) is 4.53. The summed E-state index contributed by atoms with van der Waals surface area (Å²) >= 11 is 6.03. The number of rotatable bonds is 5. The van der Waals surface area contributed by atoms with Gasteiger partial charge in [0.2, 0.25) is 0 Å². The lowest BCUT2D eigenvalue weighted by atomic mass is 10.1. The summed E-state index contributed by atoms with van der Waals surface area (Å²) in [6.45, 7) is 3.82. The van der Waals surface area contributed by atoms with Gasteiger partial charge in [-0.3, -0.25) is 4.79 Å². The van der Waals surface area contributed by atoms with E-state index in [2.05, 4.69) is 10.1 Å². The Hall–Kier alpha value is -1.42. The van der Waals surface area contributed by atoms with Crippen LogP contribution in [0.25, 0.3) is 0 Å². The molecule has 0 heterocycles. The maximum Gasteiger partial charge on any atom is 0.307 e. The predicted molar refractivity (Wildman–Crippen MR) is 72.5 cm³/mol. The number of ether oxygens (including phenoxy) is 2. The molecule has 0 amide bonds. The van der Waals surface area contributed by atoms with E-state index >= 15 is 0 Å². The van der Waals surface area contributed by atoms with Crippen LogP contribution in [0.1, 0.15) is 18.9 Å². The Bertz CT molecular complexity index is 434. The van der Waals surface area contributed by atoms with Crippen molar-refractivity contribution < 1.29 is 14.3 Å². The van der Waals surface area contributed by atoms with Crippen LogP contribution in [0.2, 0.25) is 5.02 Å². The Balaban J connectivity index is 2.83. The van der Waals surface area contributed by atoms with Gasteiger partial charge >= 0.3 is 5.97 Å². The minimum atomic E-state index is -0.250. The summed E-state index contributed by atoms with van der Waals surface area (Å²) in [4.78, 5) is 11.2. The smallest absolute Gasteiger partial charge is 0.307 e. The molecule has 1 N–H and O–H groups in total. The Kier molecular flexibility index (Phi) is 5.28. The molecule has 0 spiro atoms.